The summed E-state index contributed by atoms with van der Waals surface area (Å²) in [7, 11) is 0. The molecular weight excluding hydrogens is 362 g/mol. The molecule has 1 aliphatic carbocycles. The summed E-state index contributed by atoms with van der Waals surface area (Å²) in [5.74, 6) is 0.640. The minimum atomic E-state index is -2.60. The molecule has 146 valence electrons. The molecule has 2 aromatic heterocycles. The van der Waals surface area contributed by atoms with Crippen molar-refractivity contribution in [2.75, 3.05) is 6.54 Å². The predicted octanol–water partition coefficient (Wildman–Crippen LogP) is 3.86. The number of rotatable bonds is 5. The summed E-state index contributed by atoms with van der Waals surface area (Å²) in [4.78, 5) is 11.4. The molecule has 0 amide bonds. The number of halogens is 2. The number of fused-ring (bicyclic) bond motifs is 1. The van der Waals surface area contributed by atoms with Gasteiger partial charge in [0.1, 0.15) is 11.7 Å². The molecule has 3 heterocycles. The standard InChI is InChI=1S/C20H22F2N6/c21-18(22)13-6-15-16(11-25-19(15)24-9-13)17-14(7-23)10-27-20(28-17)26-8-12-4-2-1-3-5-12/h6,9-12,18,20,26,28H,1-5,8H2,(H,24,25). The van der Waals surface area contributed by atoms with Crippen molar-refractivity contribution in [2.24, 2.45) is 10.9 Å². The van der Waals surface area contributed by atoms with E-state index < -0.39 is 6.43 Å². The van der Waals surface area contributed by atoms with E-state index in [4.69, 9.17) is 0 Å². The summed E-state index contributed by atoms with van der Waals surface area (Å²) in [6.45, 7) is 0.856. The van der Waals surface area contributed by atoms with Gasteiger partial charge in [-0.1, -0.05) is 19.3 Å². The maximum absolute atomic E-state index is 13.1. The zero-order valence-electron chi connectivity index (χ0n) is 15.4. The van der Waals surface area contributed by atoms with Gasteiger partial charge in [-0.25, -0.2) is 13.8 Å². The van der Waals surface area contributed by atoms with Gasteiger partial charge in [0.15, 0.2) is 6.29 Å². The number of aliphatic imine (C=N–C) groups is 1. The van der Waals surface area contributed by atoms with Crippen LogP contribution >= 0.6 is 0 Å². The third-order valence-electron chi connectivity index (χ3n) is 5.42. The summed E-state index contributed by atoms with van der Waals surface area (Å²) in [6.07, 6.45) is 7.72. The van der Waals surface area contributed by atoms with E-state index in [0.717, 1.165) is 12.7 Å². The number of alkyl halides is 2. The van der Waals surface area contributed by atoms with Crippen molar-refractivity contribution >= 4 is 22.9 Å². The number of aromatic amines is 1. The van der Waals surface area contributed by atoms with Crippen molar-refractivity contribution in [3.05, 3.63) is 35.2 Å². The van der Waals surface area contributed by atoms with Crippen LogP contribution in [-0.4, -0.2) is 29.0 Å². The SMILES string of the molecule is N#CC1=C(c2c[nH]c3ncc(C(F)F)cc23)NC(NCC2CCCCC2)N=C1. The van der Waals surface area contributed by atoms with Crippen molar-refractivity contribution in [1.82, 2.24) is 20.6 Å². The van der Waals surface area contributed by atoms with Crippen LogP contribution in [0.1, 0.15) is 49.7 Å². The first-order valence-electron chi connectivity index (χ1n) is 9.58. The van der Waals surface area contributed by atoms with Gasteiger partial charge >= 0.3 is 0 Å². The molecule has 2 aliphatic rings. The highest BCUT2D eigenvalue weighted by Gasteiger charge is 2.22. The van der Waals surface area contributed by atoms with Crippen LogP contribution in [-0.2, 0) is 0 Å². The Morgan fingerprint density at radius 3 is 2.86 bits per heavy atom. The zero-order chi connectivity index (χ0) is 19.5. The lowest BCUT2D eigenvalue weighted by Crippen LogP contribution is -2.44. The number of hydrogen-bond acceptors (Lipinski definition) is 5. The third-order valence-corrected chi connectivity index (χ3v) is 5.42. The molecule has 1 atom stereocenters. The van der Waals surface area contributed by atoms with E-state index in [1.807, 2.05) is 0 Å². The Hall–Kier alpha value is -2.79. The molecule has 1 unspecified atom stereocenters. The van der Waals surface area contributed by atoms with Crippen molar-refractivity contribution < 1.29 is 8.78 Å². The average molecular weight is 384 g/mol. The maximum atomic E-state index is 13.1. The summed E-state index contributed by atoms with van der Waals surface area (Å²) in [6, 6.07) is 3.54. The van der Waals surface area contributed by atoms with Crippen LogP contribution in [0.15, 0.2) is 29.0 Å². The largest absolute Gasteiger partial charge is 0.350 e. The van der Waals surface area contributed by atoms with Gasteiger partial charge in [0.25, 0.3) is 6.43 Å². The molecule has 6 nitrogen and oxygen atoms in total. The number of nitriles is 1. The lowest BCUT2D eigenvalue weighted by molar-refractivity contribution is 0.151. The van der Waals surface area contributed by atoms with Crippen molar-refractivity contribution in [2.45, 2.75) is 44.8 Å². The minimum absolute atomic E-state index is 0.149. The van der Waals surface area contributed by atoms with Crippen molar-refractivity contribution in [3.8, 4) is 6.07 Å². The van der Waals surface area contributed by atoms with E-state index in [9.17, 15) is 14.0 Å². The first-order valence-corrected chi connectivity index (χ1v) is 9.58. The van der Waals surface area contributed by atoms with Crippen LogP contribution in [0, 0.1) is 17.2 Å². The van der Waals surface area contributed by atoms with E-state index in [1.54, 1.807) is 6.20 Å². The number of pyridine rings is 1. The van der Waals surface area contributed by atoms with Gasteiger partial charge in [0.2, 0.25) is 0 Å². The van der Waals surface area contributed by atoms with E-state index in [2.05, 4.69) is 31.7 Å². The molecular formula is C20H22F2N6. The first kappa shape index (κ1) is 18.6. The van der Waals surface area contributed by atoms with Crippen molar-refractivity contribution in [3.63, 3.8) is 0 Å². The fourth-order valence-electron chi connectivity index (χ4n) is 3.89. The molecule has 28 heavy (non-hydrogen) atoms. The summed E-state index contributed by atoms with van der Waals surface area (Å²) < 4.78 is 26.2. The molecule has 0 spiro atoms. The molecule has 0 aromatic carbocycles. The van der Waals surface area contributed by atoms with Gasteiger partial charge in [-0.15, -0.1) is 0 Å². The van der Waals surface area contributed by atoms with Crippen molar-refractivity contribution in [1.29, 1.82) is 5.26 Å². The minimum Gasteiger partial charge on any atom is -0.350 e. The Morgan fingerprint density at radius 1 is 1.29 bits per heavy atom. The van der Waals surface area contributed by atoms with Gasteiger partial charge in [0.05, 0.1) is 11.3 Å². The quantitative estimate of drug-likeness (QED) is 0.730. The van der Waals surface area contributed by atoms with Gasteiger partial charge in [0, 0.05) is 41.7 Å². The van der Waals surface area contributed by atoms with Crippen LogP contribution in [0.4, 0.5) is 8.78 Å². The number of nitrogens with zero attached hydrogens (tertiary/aromatic N) is 3. The molecule has 4 rings (SSSR count). The number of aromatic nitrogens is 2. The molecule has 0 radical (unpaired) electrons. The Kier molecular flexibility index (Phi) is 5.35. The number of hydrogen-bond donors (Lipinski definition) is 3. The van der Waals surface area contributed by atoms with Crippen LogP contribution in [0.25, 0.3) is 16.7 Å². The highest BCUT2D eigenvalue weighted by Crippen LogP contribution is 2.29. The van der Waals surface area contributed by atoms with E-state index in [-0.39, 0.29) is 11.9 Å². The molecule has 1 aliphatic heterocycles. The Bertz CT molecular complexity index is 949. The van der Waals surface area contributed by atoms with Gasteiger partial charge in [-0.3, -0.25) is 10.3 Å². The highest BCUT2D eigenvalue weighted by atomic mass is 19.3. The van der Waals surface area contributed by atoms with E-state index in [0.29, 0.717) is 33.8 Å². The fourth-order valence-corrected chi connectivity index (χ4v) is 3.89. The molecule has 1 fully saturated rings. The van der Waals surface area contributed by atoms with Gasteiger partial charge in [-0.2, -0.15) is 5.26 Å². The second-order valence-corrected chi connectivity index (χ2v) is 7.31. The van der Waals surface area contributed by atoms with Crippen LogP contribution in [0.5, 0.6) is 0 Å². The fraction of sp³-hybridized carbons (Fsp3) is 0.450. The number of allylic oxidation sites excluding steroid dienone is 1. The lowest BCUT2D eigenvalue weighted by atomic mass is 9.89. The normalized spacial score (nSPS) is 20.6. The Labute approximate surface area is 161 Å². The Balaban J connectivity index is 1.57. The predicted molar refractivity (Wildman–Crippen MR) is 104 cm³/mol. The van der Waals surface area contributed by atoms with Crippen LogP contribution in [0.3, 0.4) is 0 Å². The zero-order valence-corrected chi connectivity index (χ0v) is 15.4. The first-order chi connectivity index (χ1) is 13.7. The summed E-state index contributed by atoms with van der Waals surface area (Å²) in [5, 5.41) is 16.7. The van der Waals surface area contributed by atoms with Crippen LogP contribution in [0.2, 0.25) is 0 Å². The maximum Gasteiger partial charge on any atom is 0.265 e. The summed E-state index contributed by atoms with van der Waals surface area (Å²) in [5.41, 5.74) is 1.92. The van der Waals surface area contributed by atoms with Gasteiger partial charge < -0.3 is 10.3 Å². The molecule has 0 bridgehead atoms. The smallest absolute Gasteiger partial charge is 0.265 e. The van der Waals surface area contributed by atoms with Gasteiger partial charge in [-0.05, 0) is 24.8 Å². The number of H-pyrrole nitrogens is 1. The topological polar surface area (TPSA) is 88.9 Å². The third kappa shape index (κ3) is 3.76. The van der Waals surface area contributed by atoms with Crippen LogP contribution < -0.4 is 10.6 Å². The monoisotopic (exact) mass is 384 g/mol. The molecule has 3 N–H and O–H groups in total. The summed E-state index contributed by atoms with van der Waals surface area (Å²) >= 11 is 0. The lowest BCUT2D eigenvalue weighted by Gasteiger charge is -2.27. The second kappa shape index (κ2) is 8.07. The molecule has 8 heteroatoms. The Morgan fingerprint density at radius 2 is 2.11 bits per heavy atom. The highest BCUT2D eigenvalue weighted by molar-refractivity contribution is 6.01. The molecule has 0 saturated heterocycles. The second-order valence-electron chi connectivity index (χ2n) is 7.31. The average Bonchev–Trinajstić information content (AvgIpc) is 3.16. The molecule has 2 aromatic rings. The molecule has 1 saturated carbocycles. The van der Waals surface area contributed by atoms with E-state index in [1.165, 1.54) is 44.4 Å². The number of nitrogens with one attached hydrogen (secondary N) is 3. The van der Waals surface area contributed by atoms with E-state index >= 15 is 0 Å².